The van der Waals surface area contributed by atoms with Crippen molar-refractivity contribution >= 4 is 79.7 Å². The summed E-state index contributed by atoms with van der Waals surface area (Å²) in [7, 11) is 0. The smallest absolute Gasteiger partial charge is 0.294 e. The molecule has 1 fully saturated rings. The van der Waals surface area contributed by atoms with E-state index >= 15 is 0 Å². The Labute approximate surface area is 242 Å². The van der Waals surface area contributed by atoms with Crippen molar-refractivity contribution in [2.45, 2.75) is 13.5 Å². The maximum atomic E-state index is 13.0. The van der Waals surface area contributed by atoms with Gasteiger partial charge in [-0.25, -0.2) is 0 Å². The minimum Gasteiger partial charge on any atom is -0.490 e. The van der Waals surface area contributed by atoms with E-state index in [1.807, 2.05) is 25.1 Å². The van der Waals surface area contributed by atoms with Crippen molar-refractivity contribution in [2.75, 3.05) is 18.5 Å². The highest BCUT2D eigenvalue weighted by Gasteiger charge is 2.36. The maximum absolute atomic E-state index is 13.0. The summed E-state index contributed by atoms with van der Waals surface area (Å²) in [6.07, 6.45) is 1.57. The molecule has 0 radical (unpaired) electrons. The minimum absolute atomic E-state index is 0.180. The Morgan fingerprint density at radius 3 is 2.47 bits per heavy atom. The van der Waals surface area contributed by atoms with Crippen LogP contribution in [0.25, 0.3) is 6.08 Å². The van der Waals surface area contributed by atoms with Crippen molar-refractivity contribution in [3.05, 3.63) is 91.2 Å². The molecule has 3 amide bonds. The van der Waals surface area contributed by atoms with E-state index in [1.54, 1.807) is 48.5 Å². The Morgan fingerprint density at radius 1 is 1.05 bits per heavy atom. The van der Waals surface area contributed by atoms with Crippen LogP contribution in [0.1, 0.15) is 18.1 Å². The molecule has 196 valence electrons. The van der Waals surface area contributed by atoms with E-state index in [9.17, 15) is 14.4 Å². The molecule has 3 aromatic rings. The number of halogens is 3. The van der Waals surface area contributed by atoms with Gasteiger partial charge in [-0.3, -0.25) is 19.3 Å². The number of ether oxygens (including phenoxy) is 2. The molecule has 0 spiro atoms. The zero-order valence-corrected chi connectivity index (χ0v) is 23.9. The van der Waals surface area contributed by atoms with Gasteiger partial charge in [0.25, 0.3) is 11.1 Å². The third-order valence-corrected chi connectivity index (χ3v) is 7.48. The van der Waals surface area contributed by atoms with Crippen molar-refractivity contribution in [3.63, 3.8) is 0 Å². The highest BCUT2D eigenvalue weighted by molar-refractivity contribution is 9.10. The average Bonchev–Trinajstić information content (AvgIpc) is 3.13. The lowest BCUT2D eigenvalue weighted by molar-refractivity contribution is -0.127. The van der Waals surface area contributed by atoms with Crippen molar-refractivity contribution in [2.24, 2.45) is 0 Å². The van der Waals surface area contributed by atoms with Gasteiger partial charge in [0.1, 0.15) is 13.2 Å². The fraction of sp³-hybridized carbons (Fsp3) is 0.148. The number of benzene rings is 3. The van der Waals surface area contributed by atoms with Crippen LogP contribution in [0.2, 0.25) is 10.0 Å². The molecular weight excluding hydrogens is 615 g/mol. The predicted molar refractivity (Wildman–Crippen MR) is 154 cm³/mol. The van der Waals surface area contributed by atoms with E-state index in [0.29, 0.717) is 43.9 Å². The first-order valence-electron chi connectivity index (χ1n) is 11.4. The second-order valence-electron chi connectivity index (χ2n) is 7.94. The zero-order chi connectivity index (χ0) is 27.2. The van der Waals surface area contributed by atoms with Gasteiger partial charge in [0, 0.05) is 10.6 Å². The third kappa shape index (κ3) is 6.71. The summed E-state index contributed by atoms with van der Waals surface area (Å²) in [5, 5.41) is 3.02. The highest BCUT2D eigenvalue weighted by Crippen LogP contribution is 2.40. The van der Waals surface area contributed by atoms with Crippen LogP contribution in [0, 0.1) is 0 Å². The molecule has 0 unspecified atom stereocenters. The molecule has 7 nitrogen and oxygen atoms in total. The molecule has 1 saturated heterocycles. The molecule has 1 aliphatic rings. The number of para-hydroxylation sites is 1. The van der Waals surface area contributed by atoms with Crippen LogP contribution < -0.4 is 14.8 Å². The zero-order valence-electron chi connectivity index (χ0n) is 20.0. The number of nitrogens with zero attached hydrogens (tertiary/aromatic N) is 1. The van der Waals surface area contributed by atoms with Gasteiger partial charge in [0.15, 0.2) is 11.5 Å². The first-order chi connectivity index (χ1) is 18.3. The lowest BCUT2D eigenvalue weighted by Gasteiger charge is -2.15. The Kier molecular flexibility index (Phi) is 9.38. The molecular formula is C27H21BrCl2N2O5S. The van der Waals surface area contributed by atoms with Crippen molar-refractivity contribution in [3.8, 4) is 11.5 Å². The van der Waals surface area contributed by atoms with E-state index in [-0.39, 0.29) is 11.5 Å². The fourth-order valence-electron chi connectivity index (χ4n) is 3.52. The third-order valence-electron chi connectivity index (χ3n) is 5.28. The SMILES string of the molecule is CCOc1cc(/C=C2/SC(=O)N(CC(=O)Nc3ccccc3Cl)C2=O)cc(Br)c1OCc1ccccc1Cl. The second kappa shape index (κ2) is 12.7. The van der Waals surface area contributed by atoms with Crippen LogP contribution in [0.4, 0.5) is 10.5 Å². The maximum Gasteiger partial charge on any atom is 0.294 e. The lowest BCUT2D eigenvalue weighted by Crippen LogP contribution is -2.36. The van der Waals surface area contributed by atoms with Crippen LogP contribution in [0.3, 0.4) is 0 Å². The molecule has 11 heteroatoms. The first-order valence-corrected chi connectivity index (χ1v) is 13.8. The number of amides is 3. The molecule has 0 aliphatic carbocycles. The monoisotopic (exact) mass is 634 g/mol. The standard InChI is InChI=1S/C27H21BrCl2N2O5S/c1-2-36-22-12-16(11-18(28)25(22)37-15-17-7-3-4-8-19(17)29)13-23-26(34)32(27(35)38-23)14-24(33)31-21-10-6-5-9-20(21)30/h3-13H,2,14-15H2,1H3,(H,31,33)/b23-13+. The van der Waals surface area contributed by atoms with Gasteiger partial charge < -0.3 is 14.8 Å². The molecule has 1 aliphatic heterocycles. The Morgan fingerprint density at radius 2 is 1.76 bits per heavy atom. The largest absolute Gasteiger partial charge is 0.490 e. The molecule has 38 heavy (non-hydrogen) atoms. The number of hydrogen-bond acceptors (Lipinski definition) is 6. The van der Waals surface area contributed by atoms with Gasteiger partial charge in [-0.15, -0.1) is 0 Å². The van der Waals surface area contributed by atoms with E-state index in [2.05, 4.69) is 21.2 Å². The summed E-state index contributed by atoms with van der Waals surface area (Å²) in [6.45, 7) is 2.02. The van der Waals surface area contributed by atoms with Crippen LogP contribution in [0.15, 0.2) is 70.0 Å². The molecule has 1 heterocycles. The molecule has 0 saturated carbocycles. The van der Waals surface area contributed by atoms with Gasteiger partial charge in [0.2, 0.25) is 5.91 Å². The molecule has 0 atom stereocenters. The number of hydrogen-bond donors (Lipinski definition) is 1. The van der Waals surface area contributed by atoms with Crippen molar-refractivity contribution in [1.82, 2.24) is 4.90 Å². The fourth-order valence-corrected chi connectivity index (χ4v) is 5.31. The number of carbonyl (C=O) groups excluding carboxylic acids is 3. The number of carbonyl (C=O) groups is 3. The van der Waals surface area contributed by atoms with E-state index in [1.165, 1.54) is 0 Å². The average molecular weight is 636 g/mol. The van der Waals surface area contributed by atoms with Gasteiger partial charge in [0.05, 0.1) is 26.7 Å². The molecule has 0 aromatic heterocycles. The number of imide groups is 1. The van der Waals surface area contributed by atoms with E-state index < -0.39 is 23.6 Å². The van der Waals surface area contributed by atoms with Gasteiger partial charge in [-0.2, -0.15) is 0 Å². The van der Waals surface area contributed by atoms with Crippen LogP contribution >= 0.6 is 50.9 Å². The summed E-state index contributed by atoms with van der Waals surface area (Å²) in [5.74, 6) is -0.169. The summed E-state index contributed by atoms with van der Waals surface area (Å²) in [6, 6.07) is 17.5. The number of nitrogens with one attached hydrogen (secondary N) is 1. The summed E-state index contributed by atoms with van der Waals surface area (Å²) in [4.78, 5) is 39.0. The quantitative estimate of drug-likeness (QED) is 0.247. The van der Waals surface area contributed by atoms with Crippen LogP contribution in [0.5, 0.6) is 11.5 Å². The highest BCUT2D eigenvalue weighted by atomic mass is 79.9. The summed E-state index contributed by atoms with van der Waals surface area (Å²) >= 11 is 16.6. The van der Waals surface area contributed by atoms with Gasteiger partial charge in [-0.1, -0.05) is 53.5 Å². The van der Waals surface area contributed by atoms with E-state index in [4.69, 9.17) is 32.7 Å². The first kappa shape index (κ1) is 28.0. The number of anilines is 1. The number of rotatable bonds is 9. The molecule has 4 rings (SSSR count). The number of thioether (sulfide) groups is 1. The van der Waals surface area contributed by atoms with Crippen LogP contribution in [-0.4, -0.2) is 35.1 Å². The summed E-state index contributed by atoms with van der Waals surface area (Å²) in [5.41, 5.74) is 1.82. The van der Waals surface area contributed by atoms with Crippen LogP contribution in [-0.2, 0) is 16.2 Å². The van der Waals surface area contributed by atoms with E-state index in [0.717, 1.165) is 22.2 Å². The van der Waals surface area contributed by atoms with Gasteiger partial charge in [-0.05, 0) is 76.6 Å². The Balaban J connectivity index is 1.50. The van der Waals surface area contributed by atoms with Crippen molar-refractivity contribution < 1.29 is 23.9 Å². The Hall–Kier alpha value is -2.98. The lowest BCUT2D eigenvalue weighted by atomic mass is 10.1. The normalized spacial score (nSPS) is 14.2. The van der Waals surface area contributed by atoms with Gasteiger partial charge >= 0.3 is 0 Å². The van der Waals surface area contributed by atoms with Crippen molar-refractivity contribution in [1.29, 1.82) is 0 Å². The Bertz CT molecular complexity index is 1430. The topological polar surface area (TPSA) is 84.9 Å². The molecule has 3 aromatic carbocycles. The molecule has 0 bridgehead atoms. The summed E-state index contributed by atoms with van der Waals surface area (Å²) < 4.78 is 12.4. The minimum atomic E-state index is -0.567. The second-order valence-corrected chi connectivity index (χ2v) is 10.6. The predicted octanol–water partition coefficient (Wildman–Crippen LogP) is 7.41. The molecule has 1 N–H and O–H groups in total.